The van der Waals surface area contributed by atoms with E-state index < -0.39 is 0 Å². The van der Waals surface area contributed by atoms with Crippen LogP contribution in [0.1, 0.15) is 0 Å². The maximum Gasteiger partial charge on any atom is 0.0546 e. The molecule has 0 unspecified atom stereocenters. The summed E-state index contributed by atoms with van der Waals surface area (Å²) in [7, 11) is 0. The molecule has 0 radical (unpaired) electrons. The van der Waals surface area contributed by atoms with Crippen LogP contribution in [-0.2, 0) is 4.74 Å². The maximum absolute atomic E-state index is 5.93. The summed E-state index contributed by atoms with van der Waals surface area (Å²) in [5.74, 6) is 0. The third-order valence-electron chi connectivity index (χ3n) is 2.52. The Labute approximate surface area is 154 Å². The van der Waals surface area contributed by atoms with Crippen LogP contribution in [0.15, 0.2) is 0 Å². The lowest BCUT2D eigenvalue weighted by molar-refractivity contribution is 0.0388. The van der Waals surface area contributed by atoms with Crippen molar-refractivity contribution in [3.05, 3.63) is 0 Å². The van der Waals surface area contributed by atoms with Crippen molar-refractivity contribution >= 4 is 95.6 Å². The summed E-state index contributed by atoms with van der Waals surface area (Å²) in [6, 6.07) is 0. The van der Waals surface area contributed by atoms with E-state index in [0.717, 1.165) is 45.2 Å². The lowest BCUT2D eigenvalue weighted by Crippen LogP contribution is -2.37. The zero-order valence-corrected chi connectivity index (χ0v) is 18.8. The van der Waals surface area contributed by atoms with Gasteiger partial charge in [0.25, 0.3) is 0 Å². The Kier molecular flexibility index (Phi) is 12.3. The molecule has 1 nitrogen and oxygen atoms in total. The van der Waals surface area contributed by atoms with Gasteiger partial charge in [-0.2, -0.15) is 0 Å². The molecule has 0 saturated carbocycles. The van der Waals surface area contributed by atoms with Crippen molar-refractivity contribution in [1.82, 2.24) is 0 Å². The summed E-state index contributed by atoms with van der Waals surface area (Å²) in [6.45, 7) is 1.48. The summed E-state index contributed by atoms with van der Waals surface area (Å²) >= 11 is 21.3. The molecule has 0 rings (SSSR count). The molecule has 0 spiro atoms. The van der Waals surface area contributed by atoms with Gasteiger partial charge in [-0.3, -0.25) is 0 Å². The van der Waals surface area contributed by atoms with E-state index in [1.165, 1.54) is 0 Å². The molecule has 0 aliphatic carbocycles. The van der Waals surface area contributed by atoms with E-state index in [4.69, 9.17) is 4.74 Å². The zero-order valence-electron chi connectivity index (χ0n) is 9.33. The molecule has 0 N–H and O–H groups in total. The molecule has 0 saturated heterocycles. The van der Waals surface area contributed by atoms with Gasteiger partial charge in [0.2, 0.25) is 0 Å². The van der Waals surface area contributed by atoms with Gasteiger partial charge in [-0.05, 0) is 0 Å². The van der Waals surface area contributed by atoms with E-state index in [1.54, 1.807) is 0 Å². The summed E-state index contributed by atoms with van der Waals surface area (Å²) in [5.41, 5.74) is 0.243. The highest BCUT2D eigenvalue weighted by atomic mass is 79.9. The van der Waals surface area contributed by atoms with Gasteiger partial charge < -0.3 is 4.74 Å². The Bertz CT molecular complexity index is 157. The fourth-order valence-corrected chi connectivity index (χ4v) is 7.47. The van der Waals surface area contributed by atoms with Gasteiger partial charge in [-0.15, -0.1) is 0 Å². The van der Waals surface area contributed by atoms with Crippen LogP contribution in [-0.4, -0.2) is 45.2 Å². The highest BCUT2D eigenvalue weighted by Crippen LogP contribution is 2.30. The average molecular weight is 632 g/mol. The van der Waals surface area contributed by atoms with Crippen LogP contribution in [0.5, 0.6) is 0 Å². The number of hydrogen-bond acceptors (Lipinski definition) is 1. The smallest absolute Gasteiger partial charge is 0.0546 e. The monoisotopic (exact) mass is 626 g/mol. The molecule has 17 heavy (non-hydrogen) atoms. The highest BCUT2D eigenvalue weighted by Gasteiger charge is 2.31. The quantitative estimate of drug-likeness (QED) is 0.296. The van der Waals surface area contributed by atoms with Crippen molar-refractivity contribution in [3.63, 3.8) is 0 Å². The van der Waals surface area contributed by atoms with E-state index in [1.807, 2.05) is 0 Å². The largest absolute Gasteiger partial charge is 0.380 e. The lowest BCUT2D eigenvalue weighted by atomic mass is 9.96. The number of ether oxygens (including phenoxy) is 1. The van der Waals surface area contributed by atoms with E-state index in [0.29, 0.717) is 0 Å². The fourth-order valence-electron chi connectivity index (χ4n) is 0.930. The second-order valence-corrected chi connectivity index (χ2v) is 7.66. The lowest BCUT2D eigenvalue weighted by Gasteiger charge is -2.32. The van der Waals surface area contributed by atoms with E-state index in [2.05, 4.69) is 95.6 Å². The van der Waals surface area contributed by atoms with Crippen molar-refractivity contribution < 1.29 is 4.74 Å². The Hall–Kier alpha value is 2.84. The number of alkyl halides is 6. The van der Waals surface area contributed by atoms with Crippen LogP contribution in [0.2, 0.25) is 0 Å². The molecule has 0 aromatic carbocycles. The van der Waals surface area contributed by atoms with Gasteiger partial charge >= 0.3 is 0 Å². The first-order valence-corrected chi connectivity index (χ1v) is 11.7. The topological polar surface area (TPSA) is 9.23 Å². The molecule has 0 aromatic heterocycles. The summed E-state index contributed by atoms with van der Waals surface area (Å²) in [6.07, 6.45) is 0. The minimum atomic E-state index is 0.122. The van der Waals surface area contributed by atoms with Gasteiger partial charge in [0, 0.05) is 42.8 Å². The van der Waals surface area contributed by atoms with Crippen molar-refractivity contribution in [1.29, 1.82) is 0 Å². The maximum atomic E-state index is 5.93. The Morgan fingerprint density at radius 1 is 0.529 bits per heavy atom. The second-order valence-electron chi connectivity index (χ2n) is 4.29. The van der Waals surface area contributed by atoms with E-state index in [9.17, 15) is 0 Å². The Morgan fingerprint density at radius 2 is 0.765 bits per heavy atom. The van der Waals surface area contributed by atoms with Crippen LogP contribution >= 0.6 is 95.6 Å². The summed E-state index contributed by atoms with van der Waals surface area (Å²) < 4.78 is 5.93. The van der Waals surface area contributed by atoms with Gasteiger partial charge in [0.1, 0.15) is 0 Å². The van der Waals surface area contributed by atoms with Gasteiger partial charge in [0.15, 0.2) is 0 Å². The molecule has 0 bridgehead atoms. The molecule has 0 aromatic rings. The number of hydrogen-bond donors (Lipinski definition) is 0. The van der Waals surface area contributed by atoms with Crippen molar-refractivity contribution in [3.8, 4) is 0 Å². The minimum Gasteiger partial charge on any atom is -0.380 e. The molecule has 104 valence electrons. The predicted octanol–water partition coefficient (Wildman–Crippen LogP) is 5.35. The Balaban J connectivity index is 4.28. The molecule has 0 fully saturated rings. The van der Waals surface area contributed by atoms with Crippen LogP contribution < -0.4 is 0 Å². The van der Waals surface area contributed by atoms with E-state index in [-0.39, 0.29) is 10.8 Å². The molecular formula is C10H16Br6O. The van der Waals surface area contributed by atoms with Crippen LogP contribution in [0.25, 0.3) is 0 Å². The first kappa shape index (κ1) is 19.8. The van der Waals surface area contributed by atoms with Gasteiger partial charge in [-0.25, -0.2) is 0 Å². The molecule has 0 heterocycles. The SMILES string of the molecule is BrCC(CBr)(CBr)COCC(CBr)(CBr)CBr. The predicted molar refractivity (Wildman–Crippen MR) is 98.4 cm³/mol. The van der Waals surface area contributed by atoms with E-state index >= 15 is 0 Å². The number of halogens is 6. The van der Waals surface area contributed by atoms with Crippen LogP contribution in [0.3, 0.4) is 0 Å². The highest BCUT2D eigenvalue weighted by molar-refractivity contribution is 9.10. The third kappa shape index (κ3) is 6.42. The normalized spacial score (nSPS) is 13.1. The van der Waals surface area contributed by atoms with Gasteiger partial charge in [0.05, 0.1) is 13.2 Å². The molecule has 0 amide bonds. The standard InChI is InChI=1S/C10H16Br6O/c11-1-9(2-12,3-13)7-17-8-10(4-14,5-15)6-16/h1-8H2. The van der Waals surface area contributed by atoms with Gasteiger partial charge in [-0.1, -0.05) is 95.6 Å². The third-order valence-corrected chi connectivity index (χ3v) is 9.65. The van der Waals surface area contributed by atoms with Crippen molar-refractivity contribution in [2.45, 2.75) is 0 Å². The Morgan fingerprint density at radius 3 is 0.941 bits per heavy atom. The second kappa shape index (κ2) is 10.6. The first-order valence-electron chi connectivity index (χ1n) is 5.01. The molecular weight excluding hydrogens is 616 g/mol. The minimum absolute atomic E-state index is 0.122. The molecule has 0 aliphatic rings. The summed E-state index contributed by atoms with van der Waals surface area (Å²) in [5, 5.41) is 5.50. The summed E-state index contributed by atoms with van der Waals surface area (Å²) in [4.78, 5) is 0. The molecule has 0 atom stereocenters. The molecule has 0 aliphatic heterocycles. The van der Waals surface area contributed by atoms with Crippen LogP contribution in [0, 0.1) is 10.8 Å². The average Bonchev–Trinajstić information content (AvgIpc) is 2.41. The number of rotatable bonds is 10. The van der Waals surface area contributed by atoms with Crippen molar-refractivity contribution in [2.24, 2.45) is 10.8 Å². The van der Waals surface area contributed by atoms with Crippen LogP contribution in [0.4, 0.5) is 0 Å². The zero-order chi connectivity index (χ0) is 13.4. The first-order chi connectivity index (χ1) is 8.07. The molecule has 7 heteroatoms. The van der Waals surface area contributed by atoms with Crippen molar-refractivity contribution in [2.75, 3.05) is 45.2 Å². The fraction of sp³-hybridized carbons (Fsp3) is 1.00.